The van der Waals surface area contributed by atoms with E-state index in [4.69, 9.17) is 11.5 Å². The molecule has 0 rings (SSSR count). The van der Waals surface area contributed by atoms with Crippen LogP contribution >= 0.6 is 0 Å². The van der Waals surface area contributed by atoms with E-state index < -0.39 is 11.9 Å². The first-order chi connectivity index (χ1) is 6.16. The van der Waals surface area contributed by atoms with Gasteiger partial charge >= 0.3 is 0 Å². The summed E-state index contributed by atoms with van der Waals surface area (Å²) in [6, 6.07) is -0.519. The molecular weight excluding hydrogens is 178 g/mol. The molecule has 0 heterocycles. The smallest absolute Gasteiger partial charge is 0.242 e. The molecule has 0 aromatic heterocycles. The molecule has 14 heavy (non-hydrogen) atoms. The highest BCUT2D eigenvalue weighted by atomic mass is 16.1. The van der Waals surface area contributed by atoms with Crippen molar-refractivity contribution in [2.75, 3.05) is 0 Å². The zero-order chi connectivity index (χ0) is 11.5. The second-order valence-electron chi connectivity index (χ2n) is 4.86. The Hall–Kier alpha value is -1.06. The van der Waals surface area contributed by atoms with Gasteiger partial charge < -0.3 is 11.5 Å². The molecular formula is C10H21N3O. The lowest BCUT2D eigenvalue weighted by Gasteiger charge is -2.21. The number of amides is 1. The maximum atomic E-state index is 11.1. The molecule has 0 saturated carbocycles. The van der Waals surface area contributed by atoms with Gasteiger partial charge in [0.1, 0.15) is 11.9 Å². The van der Waals surface area contributed by atoms with Gasteiger partial charge in [-0.15, -0.1) is 0 Å². The lowest BCUT2D eigenvalue weighted by Crippen LogP contribution is -2.37. The van der Waals surface area contributed by atoms with Gasteiger partial charge in [0.05, 0.1) is 0 Å². The molecule has 4 nitrogen and oxygen atoms in total. The third-order valence-corrected chi connectivity index (χ3v) is 1.97. The van der Waals surface area contributed by atoms with Crippen molar-refractivity contribution in [3.63, 3.8) is 0 Å². The fraction of sp³-hybridized carbons (Fsp3) is 0.800. The van der Waals surface area contributed by atoms with Gasteiger partial charge in [-0.05, 0) is 5.92 Å². The Bertz CT molecular complexity index is 238. The van der Waals surface area contributed by atoms with Crippen molar-refractivity contribution in [1.29, 1.82) is 0 Å². The maximum absolute atomic E-state index is 11.1. The number of nitrogens with two attached hydrogens (primary N) is 2. The molecule has 0 fully saturated rings. The first-order valence-corrected chi connectivity index (χ1v) is 4.79. The summed E-state index contributed by atoms with van der Waals surface area (Å²) < 4.78 is 0. The largest absolute Gasteiger partial charge is 0.387 e. The van der Waals surface area contributed by atoms with Crippen molar-refractivity contribution in [3.8, 4) is 0 Å². The maximum Gasteiger partial charge on any atom is 0.242 e. The molecule has 1 unspecified atom stereocenters. The van der Waals surface area contributed by atoms with E-state index in [1.165, 1.54) is 0 Å². The minimum Gasteiger partial charge on any atom is -0.387 e. The number of hydrogen-bond acceptors (Lipinski definition) is 2. The molecule has 0 spiro atoms. The predicted molar refractivity (Wildman–Crippen MR) is 58.9 cm³/mol. The van der Waals surface area contributed by atoms with Crippen LogP contribution in [0.15, 0.2) is 4.99 Å². The van der Waals surface area contributed by atoms with Crippen LogP contribution in [0.1, 0.15) is 34.6 Å². The van der Waals surface area contributed by atoms with Crippen LogP contribution in [0.3, 0.4) is 0 Å². The van der Waals surface area contributed by atoms with Crippen molar-refractivity contribution in [2.24, 2.45) is 27.8 Å². The average Bonchev–Trinajstić information content (AvgIpc) is 1.96. The Morgan fingerprint density at radius 3 is 1.86 bits per heavy atom. The number of nitrogens with zero attached hydrogens (tertiary/aromatic N) is 1. The first kappa shape index (κ1) is 12.9. The van der Waals surface area contributed by atoms with Crippen molar-refractivity contribution >= 4 is 11.7 Å². The zero-order valence-corrected chi connectivity index (χ0v) is 9.66. The molecule has 4 heteroatoms. The first-order valence-electron chi connectivity index (χ1n) is 4.79. The zero-order valence-electron chi connectivity index (χ0n) is 9.66. The van der Waals surface area contributed by atoms with Gasteiger partial charge in [0, 0.05) is 5.41 Å². The topological polar surface area (TPSA) is 81.5 Å². The quantitative estimate of drug-likeness (QED) is 0.523. The van der Waals surface area contributed by atoms with Gasteiger partial charge in [-0.3, -0.25) is 9.79 Å². The van der Waals surface area contributed by atoms with Crippen molar-refractivity contribution in [1.82, 2.24) is 0 Å². The standard InChI is InChI=1S/C10H21N3O/c1-6(2)7(8(11)14)13-9(12)10(3,4)5/h6-7H,1-5H3,(H2,11,14)(H2,12,13). The van der Waals surface area contributed by atoms with E-state index in [1.807, 2.05) is 34.6 Å². The minimum absolute atomic E-state index is 0.0772. The van der Waals surface area contributed by atoms with Gasteiger partial charge in [-0.25, -0.2) is 0 Å². The van der Waals surface area contributed by atoms with Crippen LogP contribution in [0.2, 0.25) is 0 Å². The summed E-state index contributed by atoms with van der Waals surface area (Å²) in [6.45, 7) is 9.64. The van der Waals surface area contributed by atoms with Crippen LogP contribution in [0.5, 0.6) is 0 Å². The van der Waals surface area contributed by atoms with Crippen LogP contribution in [0.4, 0.5) is 0 Å². The van der Waals surface area contributed by atoms with E-state index in [1.54, 1.807) is 0 Å². The van der Waals surface area contributed by atoms with Gasteiger partial charge in [-0.2, -0.15) is 0 Å². The molecule has 0 aromatic rings. The SMILES string of the molecule is CC(C)C(N=C(N)C(C)(C)C)C(N)=O. The Kier molecular flexibility index (Phi) is 4.10. The van der Waals surface area contributed by atoms with Crippen LogP contribution in [0, 0.1) is 11.3 Å². The number of amidine groups is 1. The van der Waals surface area contributed by atoms with Gasteiger partial charge in [0.2, 0.25) is 5.91 Å². The fourth-order valence-corrected chi connectivity index (χ4v) is 0.885. The van der Waals surface area contributed by atoms with E-state index >= 15 is 0 Å². The van der Waals surface area contributed by atoms with Crippen LogP contribution < -0.4 is 11.5 Å². The van der Waals surface area contributed by atoms with Crippen LogP contribution in [0.25, 0.3) is 0 Å². The number of carbonyl (C=O) groups is 1. The molecule has 4 N–H and O–H groups in total. The number of primary amides is 1. The van der Waals surface area contributed by atoms with E-state index in [-0.39, 0.29) is 11.3 Å². The molecule has 82 valence electrons. The molecule has 0 radical (unpaired) electrons. The van der Waals surface area contributed by atoms with Crippen LogP contribution in [-0.2, 0) is 4.79 Å². The minimum atomic E-state index is -0.519. The molecule has 0 saturated heterocycles. The van der Waals surface area contributed by atoms with Gasteiger partial charge in [-0.1, -0.05) is 34.6 Å². The predicted octanol–water partition coefficient (Wildman–Crippen LogP) is 0.900. The van der Waals surface area contributed by atoms with E-state index in [0.717, 1.165) is 0 Å². The molecule has 0 aromatic carbocycles. The van der Waals surface area contributed by atoms with Crippen LogP contribution in [-0.4, -0.2) is 17.8 Å². The molecule has 0 aliphatic heterocycles. The summed E-state index contributed by atoms with van der Waals surface area (Å²) in [7, 11) is 0. The van der Waals surface area contributed by atoms with E-state index in [2.05, 4.69) is 4.99 Å². The second-order valence-corrected chi connectivity index (χ2v) is 4.86. The Balaban J connectivity index is 4.83. The summed E-state index contributed by atoms with van der Waals surface area (Å²) in [5.74, 6) is 0.121. The Morgan fingerprint density at radius 1 is 1.21 bits per heavy atom. The molecule has 1 amide bonds. The third kappa shape index (κ3) is 3.77. The number of rotatable bonds is 3. The summed E-state index contributed by atoms with van der Waals surface area (Å²) in [6.07, 6.45) is 0. The monoisotopic (exact) mass is 199 g/mol. The lowest BCUT2D eigenvalue weighted by molar-refractivity contribution is -0.120. The van der Waals surface area contributed by atoms with Gasteiger partial charge in [0.25, 0.3) is 0 Å². The normalized spacial score (nSPS) is 15.7. The van der Waals surface area contributed by atoms with Gasteiger partial charge in [0.15, 0.2) is 0 Å². The molecule has 0 aliphatic rings. The number of aliphatic imine (C=N–C) groups is 1. The van der Waals surface area contributed by atoms with E-state index in [9.17, 15) is 4.79 Å². The third-order valence-electron chi connectivity index (χ3n) is 1.97. The molecule has 1 atom stereocenters. The van der Waals surface area contributed by atoms with E-state index in [0.29, 0.717) is 5.84 Å². The highest BCUT2D eigenvalue weighted by Crippen LogP contribution is 2.15. The van der Waals surface area contributed by atoms with Crippen molar-refractivity contribution < 1.29 is 4.79 Å². The second kappa shape index (κ2) is 4.44. The summed E-state index contributed by atoms with van der Waals surface area (Å²) >= 11 is 0. The molecule has 0 bridgehead atoms. The Labute approximate surface area is 85.8 Å². The highest BCUT2D eigenvalue weighted by Gasteiger charge is 2.22. The highest BCUT2D eigenvalue weighted by molar-refractivity contribution is 5.89. The Morgan fingerprint density at radius 2 is 1.64 bits per heavy atom. The number of carbonyl (C=O) groups excluding carboxylic acids is 1. The summed E-state index contributed by atoms with van der Waals surface area (Å²) in [5.41, 5.74) is 10.8. The average molecular weight is 199 g/mol. The summed E-state index contributed by atoms with van der Waals surface area (Å²) in [4.78, 5) is 15.2. The lowest BCUT2D eigenvalue weighted by atomic mass is 9.94. The van der Waals surface area contributed by atoms with Crippen molar-refractivity contribution in [2.45, 2.75) is 40.7 Å². The molecule has 0 aliphatic carbocycles. The van der Waals surface area contributed by atoms with Crippen molar-refractivity contribution in [3.05, 3.63) is 0 Å². The number of hydrogen-bond donors (Lipinski definition) is 2. The summed E-state index contributed by atoms with van der Waals surface area (Å²) in [5, 5.41) is 0. The fourth-order valence-electron chi connectivity index (χ4n) is 0.885.